The molecule has 1 aromatic heterocycles. The van der Waals surface area contributed by atoms with Crippen LogP contribution in [0.4, 0.5) is 0 Å². The molecule has 0 radical (unpaired) electrons. The highest BCUT2D eigenvalue weighted by molar-refractivity contribution is 6.30. The van der Waals surface area contributed by atoms with Gasteiger partial charge in [0.2, 0.25) is 0 Å². The number of carboxylic acid groups (broad SMARTS) is 1. The van der Waals surface area contributed by atoms with Crippen LogP contribution in [0.3, 0.4) is 0 Å². The van der Waals surface area contributed by atoms with Crippen LogP contribution in [0, 0.1) is 5.92 Å². The van der Waals surface area contributed by atoms with Crippen LogP contribution in [0.25, 0.3) is 0 Å². The van der Waals surface area contributed by atoms with Gasteiger partial charge in [-0.2, -0.15) is 0 Å². The third-order valence-corrected chi connectivity index (χ3v) is 3.94. The maximum Gasteiger partial charge on any atom is 0.308 e. The number of hydrogen-bond donors (Lipinski definition) is 1. The molecule has 1 aliphatic heterocycles. The number of halogens is 1. The third kappa shape index (κ3) is 3.07. The molecule has 2 heterocycles. The van der Waals surface area contributed by atoms with Gasteiger partial charge in [0.1, 0.15) is 0 Å². The highest BCUT2D eigenvalue weighted by Gasteiger charge is 2.42. The number of nitrogens with zero attached hydrogens (tertiary/aromatic N) is 2. The van der Waals surface area contributed by atoms with E-state index >= 15 is 0 Å². The van der Waals surface area contributed by atoms with E-state index in [1.165, 1.54) is 0 Å². The van der Waals surface area contributed by atoms with Gasteiger partial charge < -0.3 is 5.11 Å². The van der Waals surface area contributed by atoms with Gasteiger partial charge in [-0.3, -0.25) is 14.7 Å². The minimum absolute atomic E-state index is 0.0329. The van der Waals surface area contributed by atoms with Crippen molar-refractivity contribution in [2.45, 2.75) is 32.2 Å². The first-order valence-electron chi connectivity index (χ1n) is 6.38. The van der Waals surface area contributed by atoms with Gasteiger partial charge in [0.15, 0.2) is 0 Å². The Bertz CT molecular complexity index is 467. The molecule has 5 heteroatoms. The molecule has 0 spiro atoms. The van der Waals surface area contributed by atoms with Crippen LogP contribution in [0.2, 0.25) is 5.02 Å². The summed E-state index contributed by atoms with van der Waals surface area (Å²) in [5.41, 5.74) is 0.776. The maximum absolute atomic E-state index is 11.4. The van der Waals surface area contributed by atoms with Crippen molar-refractivity contribution in [3.8, 4) is 0 Å². The molecule has 1 N–H and O–H groups in total. The molecule has 4 nitrogen and oxygen atoms in total. The summed E-state index contributed by atoms with van der Waals surface area (Å²) in [4.78, 5) is 17.9. The molecule has 104 valence electrons. The third-order valence-electron chi connectivity index (χ3n) is 3.72. The molecule has 2 unspecified atom stereocenters. The number of carboxylic acids is 1. The van der Waals surface area contributed by atoms with Crippen LogP contribution in [0.15, 0.2) is 18.3 Å². The first-order valence-corrected chi connectivity index (χ1v) is 6.76. The molecule has 0 aromatic carbocycles. The molecule has 0 saturated carbocycles. The van der Waals surface area contributed by atoms with Crippen LogP contribution in [-0.4, -0.2) is 39.6 Å². The number of likely N-dealkylation sites (tertiary alicyclic amines) is 1. The summed E-state index contributed by atoms with van der Waals surface area (Å²) in [6, 6.07) is 3.59. The lowest BCUT2D eigenvalue weighted by atomic mass is 9.93. The van der Waals surface area contributed by atoms with Crippen molar-refractivity contribution in [3.05, 3.63) is 29.0 Å². The van der Waals surface area contributed by atoms with Crippen molar-refractivity contribution in [3.63, 3.8) is 0 Å². The van der Waals surface area contributed by atoms with Crippen molar-refractivity contribution < 1.29 is 9.90 Å². The van der Waals surface area contributed by atoms with Gasteiger partial charge >= 0.3 is 5.97 Å². The van der Waals surface area contributed by atoms with Gasteiger partial charge in [-0.15, -0.1) is 0 Å². The minimum atomic E-state index is -0.756. The van der Waals surface area contributed by atoms with Crippen molar-refractivity contribution in [2.75, 3.05) is 13.1 Å². The lowest BCUT2D eigenvalue weighted by Gasteiger charge is -2.31. The second-order valence-corrected chi connectivity index (χ2v) is 6.46. The number of rotatable bonds is 2. The Morgan fingerprint density at radius 2 is 2.11 bits per heavy atom. The van der Waals surface area contributed by atoms with Crippen LogP contribution >= 0.6 is 11.6 Å². The van der Waals surface area contributed by atoms with Crippen LogP contribution in [0.1, 0.15) is 32.4 Å². The average molecular weight is 283 g/mol. The van der Waals surface area contributed by atoms with E-state index in [9.17, 15) is 9.90 Å². The van der Waals surface area contributed by atoms with E-state index in [0.717, 1.165) is 12.2 Å². The van der Waals surface area contributed by atoms with Crippen molar-refractivity contribution in [2.24, 2.45) is 5.92 Å². The normalized spacial score (nSPS) is 24.6. The molecule has 1 fully saturated rings. The molecule has 0 bridgehead atoms. The van der Waals surface area contributed by atoms with Gasteiger partial charge in [-0.1, -0.05) is 11.6 Å². The second-order valence-electron chi connectivity index (χ2n) is 6.03. The molecule has 19 heavy (non-hydrogen) atoms. The first kappa shape index (κ1) is 14.3. The van der Waals surface area contributed by atoms with Crippen LogP contribution < -0.4 is 0 Å². The molecule has 2 atom stereocenters. The summed E-state index contributed by atoms with van der Waals surface area (Å²) in [5.74, 6) is -1.24. The van der Waals surface area contributed by atoms with Gasteiger partial charge in [-0.05, 0) is 32.9 Å². The van der Waals surface area contributed by atoms with Gasteiger partial charge in [-0.25, -0.2) is 0 Å². The van der Waals surface area contributed by atoms with E-state index in [1.807, 2.05) is 6.07 Å². The van der Waals surface area contributed by atoms with Gasteiger partial charge in [0, 0.05) is 36.4 Å². The summed E-state index contributed by atoms with van der Waals surface area (Å²) < 4.78 is 0. The molecular formula is C14H19ClN2O2. The Balaban J connectivity index is 2.27. The molecular weight excluding hydrogens is 264 g/mol. The molecule has 1 aliphatic rings. The van der Waals surface area contributed by atoms with E-state index in [0.29, 0.717) is 11.6 Å². The Morgan fingerprint density at radius 1 is 1.42 bits per heavy atom. The van der Waals surface area contributed by atoms with E-state index in [-0.39, 0.29) is 11.5 Å². The zero-order valence-corrected chi connectivity index (χ0v) is 12.2. The molecule has 1 aromatic rings. The minimum Gasteiger partial charge on any atom is -0.481 e. The van der Waals surface area contributed by atoms with Crippen molar-refractivity contribution >= 4 is 17.6 Å². The summed E-state index contributed by atoms with van der Waals surface area (Å²) >= 11 is 5.83. The number of pyridine rings is 1. The largest absolute Gasteiger partial charge is 0.481 e. The fraction of sp³-hybridized carbons (Fsp3) is 0.571. The van der Waals surface area contributed by atoms with Crippen molar-refractivity contribution in [1.82, 2.24) is 9.88 Å². The fourth-order valence-electron chi connectivity index (χ4n) is 2.51. The van der Waals surface area contributed by atoms with E-state index in [1.54, 1.807) is 12.3 Å². The lowest BCUT2D eigenvalue weighted by Crippen LogP contribution is -2.40. The Morgan fingerprint density at radius 3 is 2.58 bits per heavy atom. The number of aliphatic carboxylic acids is 1. The summed E-state index contributed by atoms with van der Waals surface area (Å²) in [5, 5.41) is 9.97. The Hall–Kier alpha value is -1.13. The number of carbonyl (C=O) groups is 1. The average Bonchev–Trinajstić information content (AvgIpc) is 2.74. The predicted octanol–water partition coefficient (Wildman–Crippen LogP) is 2.63. The summed E-state index contributed by atoms with van der Waals surface area (Å²) in [6.07, 6.45) is 1.58. The highest BCUT2D eigenvalue weighted by Crippen LogP contribution is 2.35. The quantitative estimate of drug-likeness (QED) is 0.906. The fourth-order valence-corrected chi connectivity index (χ4v) is 2.62. The summed E-state index contributed by atoms with van der Waals surface area (Å²) in [6.45, 7) is 7.58. The monoisotopic (exact) mass is 282 g/mol. The van der Waals surface area contributed by atoms with Crippen LogP contribution in [0.5, 0.6) is 0 Å². The maximum atomic E-state index is 11.4. The Kier molecular flexibility index (Phi) is 3.83. The van der Waals surface area contributed by atoms with Crippen molar-refractivity contribution in [1.29, 1.82) is 0 Å². The van der Waals surface area contributed by atoms with E-state index in [4.69, 9.17) is 11.6 Å². The number of hydrogen-bond acceptors (Lipinski definition) is 3. The second kappa shape index (κ2) is 5.10. The van der Waals surface area contributed by atoms with Gasteiger partial charge in [0.25, 0.3) is 0 Å². The molecule has 2 rings (SSSR count). The zero-order chi connectivity index (χ0) is 14.2. The topological polar surface area (TPSA) is 53.4 Å². The first-order chi connectivity index (χ1) is 8.79. The van der Waals surface area contributed by atoms with Crippen LogP contribution in [-0.2, 0) is 4.79 Å². The zero-order valence-electron chi connectivity index (χ0n) is 11.4. The van der Waals surface area contributed by atoms with E-state index in [2.05, 4.69) is 30.7 Å². The molecule has 0 aliphatic carbocycles. The van der Waals surface area contributed by atoms with Gasteiger partial charge in [0.05, 0.1) is 10.9 Å². The van der Waals surface area contributed by atoms with E-state index < -0.39 is 11.9 Å². The number of aromatic nitrogens is 1. The lowest BCUT2D eigenvalue weighted by molar-refractivity contribution is -0.141. The molecule has 0 amide bonds. The predicted molar refractivity (Wildman–Crippen MR) is 74.4 cm³/mol. The summed E-state index contributed by atoms with van der Waals surface area (Å²) in [7, 11) is 0. The standard InChI is InChI=1S/C14H19ClN2O2/c1-14(2,3)17-7-10(11(8-17)13(18)19)12-5-4-9(15)6-16-12/h4-6,10-11H,7-8H2,1-3H3,(H,18,19). The Labute approximate surface area is 118 Å². The smallest absolute Gasteiger partial charge is 0.308 e. The SMILES string of the molecule is CC(C)(C)N1CC(C(=O)O)C(c2ccc(Cl)cn2)C1. The highest BCUT2D eigenvalue weighted by atomic mass is 35.5. The molecule has 1 saturated heterocycles.